The van der Waals surface area contributed by atoms with Gasteiger partial charge >= 0.3 is 11.5 Å². The van der Waals surface area contributed by atoms with Gasteiger partial charge in [-0.25, -0.2) is 0 Å². The maximum atomic E-state index is 11.9. The molecule has 1 aliphatic rings. The Morgan fingerprint density at radius 3 is 2.50 bits per heavy atom. The third kappa shape index (κ3) is 5.95. The van der Waals surface area contributed by atoms with Gasteiger partial charge in [-0.3, -0.25) is 4.79 Å². The number of hydrogen-bond acceptors (Lipinski definition) is 4. The summed E-state index contributed by atoms with van der Waals surface area (Å²) in [6.07, 6.45) is 1.35. The fraction of sp³-hybridized carbons (Fsp3) is 0.909. The zero-order valence-corrected chi connectivity index (χ0v) is 11.1. The Kier molecular flexibility index (Phi) is 6.28. The highest BCUT2D eigenvalue weighted by atomic mass is 32.2. The second kappa shape index (κ2) is 7.23. The molecule has 0 aromatic carbocycles. The summed E-state index contributed by atoms with van der Waals surface area (Å²) in [4.78, 5) is 13.4. The normalized spacial score (nSPS) is 18.9. The molecule has 0 spiro atoms. The van der Waals surface area contributed by atoms with E-state index in [1.165, 1.54) is 0 Å². The van der Waals surface area contributed by atoms with Gasteiger partial charge in [0, 0.05) is 12.3 Å². The van der Waals surface area contributed by atoms with Crippen LogP contribution in [-0.4, -0.2) is 48.4 Å². The Morgan fingerprint density at radius 1 is 1.39 bits per heavy atom. The van der Waals surface area contributed by atoms with Crippen molar-refractivity contribution in [3.63, 3.8) is 0 Å². The van der Waals surface area contributed by atoms with Crippen LogP contribution in [-0.2, 0) is 9.53 Å². The molecule has 18 heavy (non-hydrogen) atoms. The van der Waals surface area contributed by atoms with E-state index in [1.54, 1.807) is 6.92 Å². The summed E-state index contributed by atoms with van der Waals surface area (Å²) in [5.41, 5.74) is -4.15. The van der Waals surface area contributed by atoms with Gasteiger partial charge < -0.3 is 9.64 Å². The second-order valence-corrected chi connectivity index (χ2v) is 5.32. The van der Waals surface area contributed by atoms with Crippen molar-refractivity contribution in [2.45, 2.75) is 25.3 Å². The number of carbonyl (C=O) groups is 1. The van der Waals surface area contributed by atoms with Crippen molar-refractivity contribution in [1.29, 1.82) is 0 Å². The van der Waals surface area contributed by atoms with Gasteiger partial charge in [0.15, 0.2) is 0 Å². The Labute approximate surface area is 109 Å². The van der Waals surface area contributed by atoms with Crippen molar-refractivity contribution < 1.29 is 22.7 Å². The number of halogens is 3. The molecule has 0 amide bonds. The number of nitrogens with zero attached hydrogens (tertiary/aromatic N) is 1. The maximum Gasteiger partial charge on any atom is 0.441 e. The average Bonchev–Trinajstić information content (AvgIpc) is 2.28. The van der Waals surface area contributed by atoms with Crippen molar-refractivity contribution >= 4 is 17.7 Å². The number of rotatable bonds is 5. The minimum atomic E-state index is -4.15. The molecule has 0 saturated carbocycles. The number of carbonyl (C=O) groups excluding carboxylic acids is 1. The molecule has 1 aliphatic heterocycles. The summed E-state index contributed by atoms with van der Waals surface area (Å²) in [5.74, 6) is -0.216. The molecule has 1 saturated heterocycles. The van der Waals surface area contributed by atoms with E-state index >= 15 is 0 Å². The molecule has 0 atom stereocenters. The highest BCUT2D eigenvalue weighted by Crippen LogP contribution is 2.30. The molecule has 7 heteroatoms. The van der Waals surface area contributed by atoms with Crippen molar-refractivity contribution in [3.05, 3.63) is 0 Å². The lowest BCUT2D eigenvalue weighted by molar-refractivity contribution is -0.149. The summed E-state index contributed by atoms with van der Waals surface area (Å²) in [6, 6.07) is 0. The highest BCUT2D eigenvalue weighted by Gasteiger charge is 2.29. The van der Waals surface area contributed by atoms with Gasteiger partial charge in [-0.1, -0.05) is 0 Å². The summed E-state index contributed by atoms with van der Waals surface area (Å²) in [6.45, 7) is 3.90. The molecule has 106 valence electrons. The molecule has 0 bridgehead atoms. The number of alkyl halides is 3. The predicted octanol–water partition coefficient (Wildman–Crippen LogP) is 2.51. The molecule has 0 aliphatic carbocycles. The van der Waals surface area contributed by atoms with Gasteiger partial charge in [0.2, 0.25) is 0 Å². The third-order valence-electron chi connectivity index (χ3n) is 2.88. The molecule has 0 aromatic heterocycles. The minimum absolute atomic E-state index is 0.00915. The summed E-state index contributed by atoms with van der Waals surface area (Å²) in [5, 5.41) is 0. The Hall–Kier alpha value is -0.430. The van der Waals surface area contributed by atoms with Crippen LogP contribution in [0.2, 0.25) is 0 Å². The number of ether oxygens (including phenoxy) is 1. The molecule has 0 unspecified atom stereocenters. The Balaban J connectivity index is 2.17. The minimum Gasteiger partial charge on any atom is -0.466 e. The first-order valence-corrected chi connectivity index (χ1v) is 7.00. The van der Waals surface area contributed by atoms with E-state index in [4.69, 9.17) is 4.74 Å². The van der Waals surface area contributed by atoms with Crippen LogP contribution < -0.4 is 0 Å². The van der Waals surface area contributed by atoms with E-state index in [2.05, 4.69) is 0 Å². The lowest BCUT2D eigenvalue weighted by atomic mass is 9.97. The van der Waals surface area contributed by atoms with Gasteiger partial charge in [0.05, 0.1) is 12.5 Å². The van der Waals surface area contributed by atoms with Crippen LogP contribution in [0.4, 0.5) is 13.2 Å². The number of likely N-dealkylation sites (tertiary alicyclic amines) is 1. The Bertz CT molecular complexity index is 266. The first-order chi connectivity index (χ1) is 8.42. The first kappa shape index (κ1) is 15.6. The molecule has 0 N–H and O–H groups in total. The number of thioether (sulfide) groups is 1. The largest absolute Gasteiger partial charge is 0.466 e. The monoisotopic (exact) mass is 285 g/mol. The van der Waals surface area contributed by atoms with Crippen LogP contribution in [0.3, 0.4) is 0 Å². The van der Waals surface area contributed by atoms with Crippen molar-refractivity contribution in [1.82, 2.24) is 4.90 Å². The van der Waals surface area contributed by atoms with Crippen LogP contribution in [0, 0.1) is 5.92 Å². The topological polar surface area (TPSA) is 29.5 Å². The van der Waals surface area contributed by atoms with Crippen molar-refractivity contribution in [2.75, 3.05) is 32.0 Å². The SMILES string of the molecule is CCOC(=O)C1CCN(CCSC(F)(F)F)CC1. The molecule has 1 fully saturated rings. The first-order valence-electron chi connectivity index (χ1n) is 6.02. The molecule has 1 heterocycles. The zero-order chi connectivity index (χ0) is 13.6. The van der Waals surface area contributed by atoms with Gasteiger partial charge in [0.1, 0.15) is 0 Å². The summed E-state index contributed by atoms with van der Waals surface area (Å²) < 4.78 is 40.8. The van der Waals surface area contributed by atoms with Crippen LogP contribution in [0.15, 0.2) is 0 Å². The van der Waals surface area contributed by atoms with Crippen molar-refractivity contribution in [3.8, 4) is 0 Å². The van der Waals surface area contributed by atoms with E-state index in [0.717, 1.165) is 0 Å². The van der Waals surface area contributed by atoms with Crippen LogP contribution in [0.1, 0.15) is 19.8 Å². The maximum absolute atomic E-state index is 11.9. The van der Waals surface area contributed by atoms with E-state index in [-0.39, 0.29) is 29.4 Å². The summed E-state index contributed by atoms with van der Waals surface area (Å²) >= 11 is 0.00915. The molecular formula is C11H18F3NO2S. The quantitative estimate of drug-likeness (QED) is 0.726. The van der Waals surface area contributed by atoms with Gasteiger partial charge in [-0.15, -0.1) is 0 Å². The standard InChI is InChI=1S/C11H18F3NO2S/c1-2-17-10(16)9-3-5-15(6-4-9)7-8-18-11(12,13)14/h9H,2-8H2,1H3. The number of hydrogen-bond donors (Lipinski definition) is 0. The van der Waals surface area contributed by atoms with E-state index < -0.39 is 5.51 Å². The smallest absolute Gasteiger partial charge is 0.441 e. The van der Waals surface area contributed by atoms with Crippen LogP contribution in [0.5, 0.6) is 0 Å². The van der Waals surface area contributed by atoms with E-state index in [1.807, 2.05) is 4.90 Å². The molecular weight excluding hydrogens is 267 g/mol. The highest BCUT2D eigenvalue weighted by molar-refractivity contribution is 8.00. The fourth-order valence-electron chi connectivity index (χ4n) is 1.94. The number of piperidine rings is 1. The fourth-order valence-corrected chi connectivity index (χ4v) is 2.52. The predicted molar refractivity (Wildman–Crippen MR) is 64.3 cm³/mol. The molecule has 0 aromatic rings. The van der Waals surface area contributed by atoms with Gasteiger partial charge in [-0.05, 0) is 44.6 Å². The van der Waals surface area contributed by atoms with Gasteiger partial charge in [-0.2, -0.15) is 13.2 Å². The van der Waals surface area contributed by atoms with Crippen LogP contribution in [0.25, 0.3) is 0 Å². The molecule has 0 radical (unpaired) electrons. The van der Waals surface area contributed by atoms with Gasteiger partial charge in [0.25, 0.3) is 0 Å². The molecule has 3 nitrogen and oxygen atoms in total. The van der Waals surface area contributed by atoms with Crippen LogP contribution >= 0.6 is 11.8 Å². The lowest BCUT2D eigenvalue weighted by Gasteiger charge is -2.30. The summed E-state index contributed by atoms with van der Waals surface area (Å²) in [7, 11) is 0. The number of esters is 1. The van der Waals surface area contributed by atoms with Crippen molar-refractivity contribution in [2.24, 2.45) is 5.92 Å². The second-order valence-electron chi connectivity index (χ2n) is 4.16. The average molecular weight is 285 g/mol. The van der Waals surface area contributed by atoms with E-state index in [9.17, 15) is 18.0 Å². The lowest BCUT2D eigenvalue weighted by Crippen LogP contribution is -2.38. The zero-order valence-electron chi connectivity index (χ0n) is 10.3. The third-order valence-corrected chi connectivity index (χ3v) is 3.59. The molecule has 1 rings (SSSR count). The Morgan fingerprint density at radius 2 is 2.00 bits per heavy atom. The van der Waals surface area contributed by atoms with E-state index in [0.29, 0.717) is 39.1 Å².